The van der Waals surface area contributed by atoms with Crippen LogP contribution in [0, 0.1) is 11.3 Å². The molecule has 1 saturated heterocycles. The Hall–Kier alpha value is -3.07. The molecule has 9 heteroatoms. The predicted molar refractivity (Wildman–Crippen MR) is 139 cm³/mol. The van der Waals surface area contributed by atoms with Gasteiger partial charge in [-0.3, -0.25) is 4.79 Å². The minimum absolute atomic E-state index is 0.0692. The highest BCUT2D eigenvalue weighted by Crippen LogP contribution is 2.53. The van der Waals surface area contributed by atoms with E-state index in [2.05, 4.69) is 12.2 Å². The van der Waals surface area contributed by atoms with Crippen molar-refractivity contribution in [2.24, 2.45) is 11.3 Å². The molecule has 0 spiro atoms. The number of hydrogen-bond donors (Lipinski definition) is 2. The van der Waals surface area contributed by atoms with Crippen molar-refractivity contribution in [1.82, 2.24) is 10.2 Å². The van der Waals surface area contributed by atoms with Crippen LogP contribution in [-0.2, 0) is 11.0 Å². The molecule has 2 aromatic rings. The summed E-state index contributed by atoms with van der Waals surface area (Å²) in [6.07, 6.45) is 1.38. The molecule has 6 nitrogen and oxygen atoms in total. The number of carboxylic acid groups (broad SMARTS) is 1. The van der Waals surface area contributed by atoms with Crippen LogP contribution in [0.3, 0.4) is 0 Å². The number of anilines is 1. The fourth-order valence-corrected chi connectivity index (χ4v) is 5.97. The normalized spacial score (nSPS) is 24.1. The molecule has 0 aromatic heterocycles. The summed E-state index contributed by atoms with van der Waals surface area (Å²) >= 11 is 0. The van der Waals surface area contributed by atoms with Crippen molar-refractivity contribution in [3.63, 3.8) is 0 Å². The molecule has 38 heavy (non-hydrogen) atoms. The smallest absolute Gasteiger partial charge is 0.416 e. The largest absolute Gasteiger partial charge is 0.478 e. The number of carboxylic acids is 1. The maximum atomic E-state index is 13.5. The first kappa shape index (κ1) is 26.5. The van der Waals surface area contributed by atoms with Gasteiger partial charge in [0.25, 0.3) is 0 Å². The number of halogens is 3. The van der Waals surface area contributed by atoms with Crippen LogP contribution < -0.4 is 10.2 Å². The Labute approximate surface area is 220 Å². The number of nitrogens with one attached hydrogen (secondary N) is 1. The molecule has 2 atom stereocenters. The van der Waals surface area contributed by atoms with Crippen LogP contribution in [0.15, 0.2) is 42.5 Å². The van der Waals surface area contributed by atoms with Crippen LogP contribution >= 0.6 is 0 Å². The summed E-state index contributed by atoms with van der Waals surface area (Å²) in [5.74, 6) is -0.571. The van der Waals surface area contributed by atoms with E-state index >= 15 is 0 Å². The zero-order chi connectivity index (χ0) is 27.1. The number of hydrogen-bond acceptors (Lipinski definition) is 4. The third kappa shape index (κ3) is 5.39. The Bertz CT molecular complexity index is 1190. The Morgan fingerprint density at radius 2 is 1.68 bits per heavy atom. The lowest BCUT2D eigenvalue weighted by atomic mass is 9.98. The van der Waals surface area contributed by atoms with Gasteiger partial charge >= 0.3 is 12.1 Å². The van der Waals surface area contributed by atoms with Gasteiger partial charge in [0.1, 0.15) is 0 Å². The first-order valence-corrected chi connectivity index (χ1v) is 13.4. The second-order valence-electron chi connectivity index (χ2n) is 11.1. The fourth-order valence-electron chi connectivity index (χ4n) is 5.97. The molecule has 1 heterocycles. The van der Waals surface area contributed by atoms with E-state index in [1.807, 2.05) is 9.80 Å². The van der Waals surface area contributed by atoms with Crippen LogP contribution in [0.1, 0.15) is 54.9 Å². The van der Waals surface area contributed by atoms with Gasteiger partial charge in [-0.2, -0.15) is 13.2 Å². The van der Waals surface area contributed by atoms with Gasteiger partial charge in [-0.1, -0.05) is 31.9 Å². The molecule has 1 amide bonds. The number of rotatable bonds is 7. The number of nitrogens with zero attached hydrogens (tertiary/aromatic N) is 2. The van der Waals surface area contributed by atoms with Crippen molar-refractivity contribution in [2.75, 3.05) is 37.6 Å². The molecular formula is C29H34F3N3O3. The summed E-state index contributed by atoms with van der Waals surface area (Å²) in [5.41, 5.74) is 0.524. The number of piperazine rings is 1. The lowest BCUT2D eigenvalue weighted by molar-refractivity contribution is -0.138. The summed E-state index contributed by atoms with van der Waals surface area (Å²) in [7, 11) is 0. The molecule has 2 N–H and O–H groups in total. The molecule has 3 fully saturated rings. The lowest BCUT2D eigenvalue weighted by Crippen LogP contribution is -2.51. The van der Waals surface area contributed by atoms with Crippen LogP contribution in [0.2, 0.25) is 0 Å². The quantitative estimate of drug-likeness (QED) is 0.511. The zero-order valence-electron chi connectivity index (χ0n) is 21.6. The van der Waals surface area contributed by atoms with Gasteiger partial charge in [-0.25, -0.2) is 4.79 Å². The maximum absolute atomic E-state index is 13.5. The van der Waals surface area contributed by atoms with Gasteiger partial charge in [0.15, 0.2) is 0 Å². The third-order valence-electron chi connectivity index (χ3n) is 8.58. The number of carbonyl (C=O) groups is 2. The first-order valence-electron chi connectivity index (χ1n) is 13.4. The van der Waals surface area contributed by atoms with Gasteiger partial charge in [0, 0.05) is 43.5 Å². The van der Waals surface area contributed by atoms with Crippen molar-refractivity contribution in [3.05, 3.63) is 53.6 Å². The highest BCUT2D eigenvalue weighted by atomic mass is 19.4. The van der Waals surface area contributed by atoms with Gasteiger partial charge < -0.3 is 20.2 Å². The molecule has 0 bridgehead atoms. The molecule has 1 aliphatic heterocycles. The van der Waals surface area contributed by atoms with E-state index in [4.69, 9.17) is 0 Å². The van der Waals surface area contributed by atoms with Gasteiger partial charge in [0.2, 0.25) is 5.91 Å². The van der Waals surface area contributed by atoms with Crippen LogP contribution in [0.4, 0.5) is 18.9 Å². The Balaban J connectivity index is 1.27. The fraction of sp³-hybridized carbons (Fsp3) is 0.517. The van der Waals surface area contributed by atoms with Crippen molar-refractivity contribution in [3.8, 4) is 11.1 Å². The molecule has 2 aromatic carbocycles. The summed E-state index contributed by atoms with van der Waals surface area (Å²) < 4.78 is 40.6. The molecule has 3 aliphatic rings. The van der Waals surface area contributed by atoms with Crippen LogP contribution in [0.5, 0.6) is 0 Å². The van der Waals surface area contributed by atoms with E-state index in [1.54, 1.807) is 0 Å². The minimum Gasteiger partial charge on any atom is -0.478 e. The molecular weight excluding hydrogens is 495 g/mol. The third-order valence-corrected chi connectivity index (χ3v) is 8.58. The lowest BCUT2D eigenvalue weighted by Gasteiger charge is -2.38. The molecule has 2 unspecified atom stereocenters. The second kappa shape index (κ2) is 10.2. The number of benzene rings is 2. The minimum atomic E-state index is -4.50. The number of amides is 1. The van der Waals surface area contributed by atoms with Crippen LogP contribution in [-0.4, -0.2) is 60.6 Å². The monoisotopic (exact) mass is 529 g/mol. The second-order valence-corrected chi connectivity index (χ2v) is 11.1. The molecule has 0 radical (unpaired) electrons. The van der Waals surface area contributed by atoms with E-state index in [-0.39, 0.29) is 16.9 Å². The average Bonchev–Trinajstić information content (AvgIpc) is 3.30. The number of aromatic carboxylic acids is 1. The highest BCUT2D eigenvalue weighted by molar-refractivity contribution is 5.89. The van der Waals surface area contributed by atoms with E-state index in [9.17, 15) is 27.9 Å². The molecule has 5 rings (SSSR count). The number of alkyl halides is 3. The van der Waals surface area contributed by atoms with Crippen molar-refractivity contribution >= 4 is 17.6 Å². The van der Waals surface area contributed by atoms with Crippen molar-refractivity contribution in [2.45, 2.75) is 51.2 Å². The Morgan fingerprint density at radius 1 is 1.03 bits per heavy atom. The van der Waals surface area contributed by atoms with Gasteiger partial charge in [-0.05, 0) is 67.6 Å². The molecule has 2 saturated carbocycles. The average molecular weight is 530 g/mol. The predicted octanol–water partition coefficient (Wildman–Crippen LogP) is 5.28. The van der Waals surface area contributed by atoms with E-state index < -0.39 is 17.7 Å². The van der Waals surface area contributed by atoms with E-state index in [0.717, 1.165) is 25.1 Å². The van der Waals surface area contributed by atoms with Gasteiger partial charge in [-0.15, -0.1) is 0 Å². The van der Waals surface area contributed by atoms with E-state index in [0.29, 0.717) is 55.0 Å². The Kier molecular flexibility index (Phi) is 7.15. The van der Waals surface area contributed by atoms with Crippen LogP contribution in [0.25, 0.3) is 11.1 Å². The Morgan fingerprint density at radius 3 is 2.29 bits per heavy atom. The first-order chi connectivity index (χ1) is 18.1. The molecule has 204 valence electrons. The summed E-state index contributed by atoms with van der Waals surface area (Å²) in [4.78, 5) is 28.5. The van der Waals surface area contributed by atoms with E-state index in [1.165, 1.54) is 56.0 Å². The molecule has 2 aliphatic carbocycles. The summed E-state index contributed by atoms with van der Waals surface area (Å²) in [5, 5.41) is 12.8. The van der Waals surface area contributed by atoms with Gasteiger partial charge in [0.05, 0.1) is 16.5 Å². The standard InChI is InChI=1S/C29H34F3N3O3/c1-28(17-22(28)18-33-23-4-2-3-5-23)27(38)35-14-12-34(13-15-35)25-11-10-21(29(30,31)32)16-24(25)19-6-8-20(9-7-19)26(36)37/h6-11,16,22-23,33H,2-5,12-15,17-18H2,1H3,(H,36,37). The summed E-state index contributed by atoms with van der Waals surface area (Å²) in [6.45, 7) is 4.97. The van der Waals surface area contributed by atoms with Crippen molar-refractivity contribution in [1.29, 1.82) is 0 Å². The zero-order valence-corrected chi connectivity index (χ0v) is 21.6. The topological polar surface area (TPSA) is 72.9 Å². The number of carbonyl (C=O) groups excluding carboxylic acids is 1. The summed E-state index contributed by atoms with van der Waals surface area (Å²) in [6, 6.07) is 10.1. The SMILES string of the molecule is CC1(C(=O)N2CCN(c3ccc(C(F)(F)F)cc3-c3ccc(C(=O)O)cc3)CC2)CC1CNC1CCCC1. The van der Waals surface area contributed by atoms with Crippen molar-refractivity contribution < 1.29 is 27.9 Å². The maximum Gasteiger partial charge on any atom is 0.416 e. The highest BCUT2D eigenvalue weighted by Gasteiger charge is 2.57.